The zero-order valence-corrected chi connectivity index (χ0v) is 12.5. The van der Waals surface area contributed by atoms with Gasteiger partial charge in [0.15, 0.2) is 0 Å². The molecule has 1 N–H and O–H groups in total. The minimum atomic E-state index is 0.792. The van der Waals surface area contributed by atoms with Crippen molar-refractivity contribution in [2.75, 3.05) is 6.54 Å². The number of hydrogen-bond donors (Lipinski definition) is 1. The molecule has 3 unspecified atom stereocenters. The maximum Gasteiger partial charge on any atom is 0.00952 e. The van der Waals surface area contributed by atoms with Crippen molar-refractivity contribution in [2.45, 2.75) is 78.7 Å². The van der Waals surface area contributed by atoms with Crippen molar-refractivity contribution in [2.24, 2.45) is 17.8 Å². The smallest absolute Gasteiger partial charge is 0.00952 e. The second-order valence-corrected chi connectivity index (χ2v) is 6.38. The van der Waals surface area contributed by atoms with Crippen molar-refractivity contribution < 1.29 is 0 Å². The van der Waals surface area contributed by atoms with Crippen LogP contribution < -0.4 is 5.32 Å². The highest BCUT2D eigenvalue weighted by atomic mass is 14.9. The first-order valence-electron chi connectivity index (χ1n) is 7.90. The van der Waals surface area contributed by atoms with Gasteiger partial charge in [-0.3, -0.25) is 0 Å². The van der Waals surface area contributed by atoms with E-state index in [1.807, 2.05) is 0 Å². The molecule has 1 saturated carbocycles. The van der Waals surface area contributed by atoms with E-state index in [0.717, 1.165) is 30.3 Å². The molecule has 17 heavy (non-hydrogen) atoms. The van der Waals surface area contributed by atoms with Gasteiger partial charge in [-0.05, 0) is 50.0 Å². The van der Waals surface area contributed by atoms with Gasteiger partial charge in [-0.2, -0.15) is 0 Å². The lowest BCUT2D eigenvalue weighted by atomic mass is 9.74. The van der Waals surface area contributed by atoms with E-state index in [-0.39, 0.29) is 0 Å². The van der Waals surface area contributed by atoms with E-state index in [4.69, 9.17) is 0 Å². The molecular formula is C16H33N. The molecule has 0 aliphatic heterocycles. The fraction of sp³-hybridized carbons (Fsp3) is 1.00. The Morgan fingerprint density at radius 3 is 2.53 bits per heavy atom. The maximum absolute atomic E-state index is 3.73. The summed E-state index contributed by atoms with van der Waals surface area (Å²) in [4.78, 5) is 0. The van der Waals surface area contributed by atoms with Gasteiger partial charge in [0.05, 0.1) is 0 Å². The summed E-state index contributed by atoms with van der Waals surface area (Å²) in [5.74, 6) is 2.83. The highest BCUT2D eigenvalue weighted by Gasteiger charge is 2.27. The Morgan fingerprint density at radius 1 is 1.18 bits per heavy atom. The van der Waals surface area contributed by atoms with Crippen LogP contribution in [-0.2, 0) is 0 Å². The second-order valence-electron chi connectivity index (χ2n) is 6.38. The average Bonchev–Trinajstić information content (AvgIpc) is 2.28. The molecule has 0 aromatic rings. The Labute approximate surface area is 109 Å². The molecular weight excluding hydrogens is 206 g/mol. The topological polar surface area (TPSA) is 12.0 Å². The van der Waals surface area contributed by atoms with Crippen LogP contribution >= 0.6 is 0 Å². The fourth-order valence-electron chi connectivity index (χ4n) is 3.66. The molecule has 1 aliphatic rings. The Balaban J connectivity index is 2.44. The zero-order valence-electron chi connectivity index (χ0n) is 12.5. The number of nitrogens with one attached hydrogen (secondary N) is 1. The summed E-state index contributed by atoms with van der Waals surface area (Å²) < 4.78 is 0. The third-order valence-electron chi connectivity index (χ3n) is 4.26. The van der Waals surface area contributed by atoms with Crippen molar-refractivity contribution in [3.8, 4) is 0 Å². The van der Waals surface area contributed by atoms with Gasteiger partial charge in [0.2, 0.25) is 0 Å². The Morgan fingerprint density at radius 2 is 1.94 bits per heavy atom. The predicted molar refractivity (Wildman–Crippen MR) is 77.3 cm³/mol. The molecule has 1 heteroatoms. The first-order chi connectivity index (χ1) is 8.17. The SMILES string of the molecule is CCCC(NCC)C1CCCC(CC(C)C)C1. The van der Waals surface area contributed by atoms with Gasteiger partial charge in [-0.15, -0.1) is 0 Å². The van der Waals surface area contributed by atoms with E-state index in [0.29, 0.717) is 0 Å². The third-order valence-corrected chi connectivity index (χ3v) is 4.26. The van der Waals surface area contributed by atoms with Crippen molar-refractivity contribution in [3.05, 3.63) is 0 Å². The van der Waals surface area contributed by atoms with E-state index in [9.17, 15) is 0 Å². The van der Waals surface area contributed by atoms with Gasteiger partial charge in [-0.25, -0.2) is 0 Å². The normalized spacial score (nSPS) is 27.4. The van der Waals surface area contributed by atoms with E-state index in [2.05, 4.69) is 33.0 Å². The van der Waals surface area contributed by atoms with E-state index in [1.54, 1.807) is 0 Å². The molecule has 1 fully saturated rings. The van der Waals surface area contributed by atoms with Crippen LogP contribution in [0.2, 0.25) is 0 Å². The summed E-state index contributed by atoms with van der Waals surface area (Å²) in [5.41, 5.74) is 0. The van der Waals surface area contributed by atoms with Crippen molar-refractivity contribution >= 4 is 0 Å². The van der Waals surface area contributed by atoms with E-state index < -0.39 is 0 Å². The van der Waals surface area contributed by atoms with Crippen LogP contribution in [-0.4, -0.2) is 12.6 Å². The predicted octanol–water partition coefficient (Wildman–Crippen LogP) is 4.62. The Hall–Kier alpha value is -0.0400. The lowest BCUT2D eigenvalue weighted by Gasteiger charge is -2.35. The van der Waals surface area contributed by atoms with Gasteiger partial charge in [0, 0.05) is 6.04 Å². The molecule has 0 bridgehead atoms. The molecule has 0 saturated heterocycles. The summed E-state index contributed by atoms with van der Waals surface area (Å²) in [6.07, 6.45) is 10.0. The minimum absolute atomic E-state index is 0.792. The quantitative estimate of drug-likeness (QED) is 0.683. The lowest BCUT2D eigenvalue weighted by Crippen LogP contribution is -2.38. The highest BCUT2D eigenvalue weighted by molar-refractivity contribution is 4.82. The molecule has 0 heterocycles. The monoisotopic (exact) mass is 239 g/mol. The number of hydrogen-bond acceptors (Lipinski definition) is 1. The maximum atomic E-state index is 3.73. The lowest BCUT2D eigenvalue weighted by molar-refractivity contribution is 0.188. The van der Waals surface area contributed by atoms with Crippen LogP contribution in [0.1, 0.15) is 72.6 Å². The summed E-state index contributed by atoms with van der Waals surface area (Å²) >= 11 is 0. The molecule has 102 valence electrons. The van der Waals surface area contributed by atoms with Gasteiger partial charge in [-0.1, -0.05) is 47.0 Å². The molecule has 1 nitrogen and oxygen atoms in total. The first-order valence-corrected chi connectivity index (χ1v) is 7.90. The molecule has 0 aromatic carbocycles. The van der Waals surface area contributed by atoms with Gasteiger partial charge < -0.3 is 5.32 Å². The molecule has 0 spiro atoms. The molecule has 0 radical (unpaired) electrons. The molecule has 0 aromatic heterocycles. The van der Waals surface area contributed by atoms with E-state index in [1.165, 1.54) is 44.9 Å². The van der Waals surface area contributed by atoms with E-state index >= 15 is 0 Å². The molecule has 1 aliphatic carbocycles. The third kappa shape index (κ3) is 5.42. The average molecular weight is 239 g/mol. The van der Waals surface area contributed by atoms with Crippen LogP contribution in [0, 0.1) is 17.8 Å². The fourth-order valence-corrected chi connectivity index (χ4v) is 3.66. The zero-order chi connectivity index (χ0) is 12.7. The summed E-state index contributed by atoms with van der Waals surface area (Å²) in [7, 11) is 0. The summed E-state index contributed by atoms with van der Waals surface area (Å²) in [5, 5.41) is 3.73. The van der Waals surface area contributed by atoms with Crippen molar-refractivity contribution in [1.29, 1.82) is 0 Å². The van der Waals surface area contributed by atoms with Crippen LogP contribution in [0.15, 0.2) is 0 Å². The Bertz CT molecular complexity index is 182. The van der Waals surface area contributed by atoms with Crippen LogP contribution in [0.25, 0.3) is 0 Å². The van der Waals surface area contributed by atoms with Crippen molar-refractivity contribution in [3.63, 3.8) is 0 Å². The van der Waals surface area contributed by atoms with Gasteiger partial charge in [0.1, 0.15) is 0 Å². The van der Waals surface area contributed by atoms with Crippen LogP contribution in [0.4, 0.5) is 0 Å². The summed E-state index contributed by atoms with van der Waals surface area (Å²) in [6, 6.07) is 0.792. The van der Waals surface area contributed by atoms with Crippen LogP contribution in [0.3, 0.4) is 0 Å². The number of rotatable bonds is 7. The summed E-state index contributed by atoms with van der Waals surface area (Å²) in [6.45, 7) is 10.4. The molecule has 0 amide bonds. The van der Waals surface area contributed by atoms with Crippen molar-refractivity contribution in [1.82, 2.24) is 5.32 Å². The van der Waals surface area contributed by atoms with Gasteiger partial charge >= 0.3 is 0 Å². The largest absolute Gasteiger partial charge is 0.314 e. The highest BCUT2D eigenvalue weighted by Crippen LogP contribution is 2.35. The Kier molecular flexibility index (Phi) is 7.18. The molecule has 3 atom stereocenters. The minimum Gasteiger partial charge on any atom is -0.314 e. The standard InChI is InChI=1S/C16H33N/c1-5-8-16(17-6-2)15-10-7-9-14(12-15)11-13(3)4/h13-17H,5-12H2,1-4H3. The van der Waals surface area contributed by atoms with Crippen LogP contribution in [0.5, 0.6) is 0 Å². The second kappa shape index (κ2) is 8.13. The van der Waals surface area contributed by atoms with Gasteiger partial charge in [0.25, 0.3) is 0 Å². The first kappa shape index (κ1) is 15.0. The molecule has 1 rings (SSSR count).